The molecule has 1 aromatic rings. The van der Waals surface area contributed by atoms with E-state index in [1.165, 1.54) is 24.9 Å². The Bertz CT molecular complexity index is 332. The monoisotopic (exact) mass is 282 g/mol. The third-order valence-corrected chi connectivity index (χ3v) is 4.21. The summed E-state index contributed by atoms with van der Waals surface area (Å²) in [7, 11) is 0. The number of thiophene rings is 1. The minimum Gasteiger partial charge on any atom is -0.373 e. The average molecular weight is 282 g/mol. The molecule has 0 bridgehead atoms. The van der Waals surface area contributed by atoms with Crippen LogP contribution in [0.4, 0.5) is 0 Å². The molecule has 2 unspecified atom stereocenters. The van der Waals surface area contributed by atoms with Crippen LogP contribution < -0.4 is 5.32 Å². The number of unbranched alkanes of at least 4 members (excludes halogenated alkanes) is 1. The van der Waals surface area contributed by atoms with Gasteiger partial charge in [0.2, 0.25) is 0 Å². The van der Waals surface area contributed by atoms with Gasteiger partial charge in [-0.1, -0.05) is 0 Å². The van der Waals surface area contributed by atoms with Crippen LogP contribution in [0.2, 0.25) is 0 Å². The largest absolute Gasteiger partial charge is 0.373 e. The highest BCUT2D eigenvalue weighted by Gasteiger charge is 2.21. The van der Waals surface area contributed by atoms with Crippen LogP contribution in [0.15, 0.2) is 16.8 Å². The van der Waals surface area contributed by atoms with Gasteiger partial charge in [0.15, 0.2) is 0 Å². The molecular weight excluding hydrogens is 256 g/mol. The number of nitrogens with one attached hydrogen (secondary N) is 1. The van der Waals surface area contributed by atoms with Crippen LogP contribution in [0.25, 0.3) is 0 Å². The highest BCUT2D eigenvalue weighted by molar-refractivity contribution is 7.07. The molecule has 2 rings (SSSR count). The Balaban J connectivity index is 1.49. The summed E-state index contributed by atoms with van der Waals surface area (Å²) in [6.07, 6.45) is 3.31. The molecule has 0 spiro atoms. The van der Waals surface area contributed by atoms with E-state index in [0.29, 0.717) is 12.2 Å². The minimum absolute atomic E-state index is 0.389. The van der Waals surface area contributed by atoms with E-state index in [-0.39, 0.29) is 0 Å². The topological polar surface area (TPSA) is 24.5 Å². The molecule has 1 fully saturated rings. The van der Waals surface area contributed by atoms with Crippen molar-refractivity contribution in [2.24, 2.45) is 0 Å². The van der Waals surface area contributed by atoms with Crippen molar-refractivity contribution >= 4 is 11.3 Å². The first-order valence-corrected chi connectivity index (χ1v) is 8.28. The quantitative estimate of drug-likeness (QED) is 0.778. The molecule has 1 aliphatic heterocycles. The molecule has 2 atom stereocenters. The van der Waals surface area contributed by atoms with E-state index in [2.05, 4.69) is 40.9 Å². The molecule has 1 saturated heterocycles. The second-order valence-corrected chi connectivity index (χ2v) is 6.31. The summed E-state index contributed by atoms with van der Waals surface area (Å²) in [5.41, 5.74) is 1.40. The number of rotatable bonds is 7. The van der Waals surface area contributed by atoms with Crippen LogP contribution in [0.5, 0.6) is 0 Å². The summed E-state index contributed by atoms with van der Waals surface area (Å²) in [6.45, 7) is 9.86. The van der Waals surface area contributed by atoms with Crippen LogP contribution in [-0.4, -0.2) is 43.3 Å². The lowest BCUT2D eigenvalue weighted by Crippen LogP contribution is -2.45. The fraction of sp³-hybridized carbons (Fsp3) is 0.733. The van der Waals surface area contributed by atoms with Crippen molar-refractivity contribution in [3.8, 4) is 0 Å². The molecule has 19 heavy (non-hydrogen) atoms. The van der Waals surface area contributed by atoms with Crippen LogP contribution in [0.3, 0.4) is 0 Å². The standard InChI is InChI=1S/C15H26N2OS/c1-13-10-17(11-14(2)18-13)7-4-3-6-16-9-15-5-8-19-12-15/h5,8,12-14,16H,3-4,6-7,9-11H2,1-2H3. The predicted octanol–water partition coefficient (Wildman–Crippen LogP) is 2.73. The first kappa shape index (κ1) is 15.0. The fourth-order valence-corrected chi connectivity index (χ4v) is 3.35. The van der Waals surface area contributed by atoms with Crippen LogP contribution in [-0.2, 0) is 11.3 Å². The van der Waals surface area contributed by atoms with E-state index >= 15 is 0 Å². The van der Waals surface area contributed by atoms with Gasteiger partial charge in [0.05, 0.1) is 12.2 Å². The summed E-state index contributed by atoms with van der Waals surface area (Å²) < 4.78 is 5.75. The molecule has 108 valence electrons. The molecule has 2 heterocycles. The first-order chi connectivity index (χ1) is 9.24. The van der Waals surface area contributed by atoms with Gasteiger partial charge in [0.1, 0.15) is 0 Å². The number of nitrogens with zero attached hydrogens (tertiary/aromatic N) is 1. The molecule has 1 aromatic heterocycles. The van der Waals surface area contributed by atoms with Crippen molar-refractivity contribution in [2.75, 3.05) is 26.2 Å². The lowest BCUT2D eigenvalue weighted by atomic mass is 10.2. The molecule has 0 radical (unpaired) electrons. The molecule has 3 nitrogen and oxygen atoms in total. The highest BCUT2D eigenvalue weighted by Crippen LogP contribution is 2.11. The second-order valence-electron chi connectivity index (χ2n) is 5.53. The van der Waals surface area contributed by atoms with E-state index < -0.39 is 0 Å². The number of ether oxygens (including phenoxy) is 1. The van der Waals surface area contributed by atoms with Crippen molar-refractivity contribution in [2.45, 2.75) is 45.4 Å². The first-order valence-electron chi connectivity index (χ1n) is 7.33. The Labute approximate surface area is 121 Å². The zero-order valence-electron chi connectivity index (χ0n) is 12.1. The maximum absolute atomic E-state index is 5.75. The van der Waals surface area contributed by atoms with Crippen LogP contribution in [0.1, 0.15) is 32.3 Å². The molecule has 0 amide bonds. The lowest BCUT2D eigenvalue weighted by molar-refractivity contribution is -0.0681. The Morgan fingerprint density at radius 1 is 1.32 bits per heavy atom. The summed E-state index contributed by atoms with van der Waals surface area (Å²) in [5, 5.41) is 7.86. The van der Waals surface area contributed by atoms with Gasteiger partial charge in [-0.15, -0.1) is 0 Å². The maximum Gasteiger partial charge on any atom is 0.0678 e. The van der Waals surface area contributed by atoms with E-state index in [0.717, 1.165) is 26.2 Å². The van der Waals surface area contributed by atoms with Crippen molar-refractivity contribution in [1.82, 2.24) is 10.2 Å². The minimum atomic E-state index is 0.389. The summed E-state index contributed by atoms with van der Waals surface area (Å²) in [5.74, 6) is 0. The molecule has 0 aliphatic carbocycles. The van der Waals surface area contributed by atoms with Gasteiger partial charge in [-0.25, -0.2) is 0 Å². The molecule has 1 N–H and O–H groups in total. The third-order valence-electron chi connectivity index (χ3n) is 3.48. The van der Waals surface area contributed by atoms with Gasteiger partial charge in [0, 0.05) is 19.6 Å². The van der Waals surface area contributed by atoms with Gasteiger partial charge in [0.25, 0.3) is 0 Å². The molecule has 4 heteroatoms. The Hall–Kier alpha value is -0.420. The summed E-state index contributed by atoms with van der Waals surface area (Å²) >= 11 is 1.77. The van der Waals surface area contributed by atoms with Crippen molar-refractivity contribution in [1.29, 1.82) is 0 Å². The van der Waals surface area contributed by atoms with Crippen LogP contribution in [0, 0.1) is 0 Å². The summed E-state index contributed by atoms with van der Waals surface area (Å²) in [6, 6.07) is 2.19. The Kier molecular flexibility index (Phi) is 6.31. The third kappa shape index (κ3) is 5.61. The van der Waals surface area contributed by atoms with E-state index in [4.69, 9.17) is 4.74 Å². The van der Waals surface area contributed by atoms with E-state index in [9.17, 15) is 0 Å². The normalized spacial score (nSPS) is 24.7. The Morgan fingerprint density at radius 2 is 2.11 bits per heavy atom. The SMILES string of the molecule is CC1CN(CCCCNCc2ccsc2)CC(C)O1. The molecule has 0 aromatic carbocycles. The number of morpholine rings is 1. The number of hydrogen-bond acceptors (Lipinski definition) is 4. The molecule has 0 saturated carbocycles. The average Bonchev–Trinajstić information content (AvgIpc) is 2.85. The maximum atomic E-state index is 5.75. The second kappa shape index (κ2) is 8.00. The van der Waals surface area contributed by atoms with Gasteiger partial charge in [-0.2, -0.15) is 11.3 Å². The molecule has 1 aliphatic rings. The summed E-state index contributed by atoms with van der Waals surface area (Å²) in [4.78, 5) is 2.54. The van der Waals surface area contributed by atoms with E-state index in [1.807, 2.05) is 0 Å². The van der Waals surface area contributed by atoms with Crippen molar-refractivity contribution in [3.63, 3.8) is 0 Å². The van der Waals surface area contributed by atoms with Gasteiger partial charge < -0.3 is 10.1 Å². The zero-order chi connectivity index (χ0) is 13.5. The highest BCUT2D eigenvalue weighted by atomic mass is 32.1. The van der Waals surface area contributed by atoms with Gasteiger partial charge in [-0.3, -0.25) is 4.90 Å². The smallest absolute Gasteiger partial charge is 0.0678 e. The van der Waals surface area contributed by atoms with Crippen molar-refractivity contribution in [3.05, 3.63) is 22.4 Å². The van der Waals surface area contributed by atoms with E-state index in [1.54, 1.807) is 11.3 Å². The van der Waals surface area contributed by atoms with Crippen molar-refractivity contribution < 1.29 is 4.74 Å². The fourth-order valence-electron chi connectivity index (χ4n) is 2.68. The Morgan fingerprint density at radius 3 is 2.79 bits per heavy atom. The lowest BCUT2D eigenvalue weighted by Gasteiger charge is -2.35. The molecular formula is C15H26N2OS. The number of hydrogen-bond donors (Lipinski definition) is 1. The van der Waals surface area contributed by atoms with Crippen LogP contribution >= 0.6 is 11.3 Å². The predicted molar refractivity (Wildman–Crippen MR) is 81.7 cm³/mol. The van der Waals surface area contributed by atoms with Gasteiger partial charge >= 0.3 is 0 Å². The van der Waals surface area contributed by atoms with Gasteiger partial charge in [-0.05, 0) is 62.2 Å². The zero-order valence-corrected chi connectivity index (χ0v) is 12.9.